The smallest absolute Gasteiger partial charge is 0.238 e. The molecule has 31 heavy (non-hydrogen) atoms. The average molecular weight is 444 g/mol. The molecule has 2 aromatic carbocycles. The molecular formula is C23H29N3O4S. The van der Waals surface area contributed by atoms with Crippen LogP contribution in [0.4, 0.5) is 0 Å². The van der Waals surface area contributed by atoms with Crippen LogP contribution < -0.4 is 10.5 Å². The van der Waals surface area contributed by atoms with E-state index in [1.165, 1.54) is 12.1 Å². The molecule has 166 valence electrons. The van der Waals surface area contributed by atoms with Gasteiger partial charge in [-0.05, 0) is 50.0 Å². The van der Waals surface area contributed by atoms with E-state index >= 15 is 0 Å². The third-order valence-corrected chi connectivity index (χ3v) is 6.59. The summed E-state index contributed by atoms with van der Waals surface area (Å²) in [4.78, 5) is 27.0. The highest BCUT2D eigenvalue weighted by molar-refractivity contribution is 7.89. The van der Waals surface area contributed by atoms with Crippen molar-refractivity contribution in [1.82, 2.24) is 10.2 Å². The summed E-state index contributed by atoms with van der Waals surface area (Å²) in [6, 6.07) is 15.8. The number of sulfonamides is 1. The number of benzene rings is 2. The second-order valence-corrected chi connectivity index (χ2v) is 9.45. The molecule has 2 aromatic rings. The van der Waals surface area contributed by atoms with Gasteiger partial charge in [-0.15, -0.1) is 0 Å². The molecule has 1 aliphatic rings. The lowest BCUT2D eigenvalue weighted by Crippen LogP contribution is -2.38. The molecule has 7 nitrogen and oxygen atoms in total. The number of nitrogens with two attached hydrogens (primary N) is 1. The number of piperidine rings is 1. The van der Waals surface area contributed by atoms with Crippen LogP contribution in [-0.4, -0.2) is 51.2 Å². The van der Waals surface area contributed by atoms with Crippen molar-refractivity contribution >= 4 is 21.7 Å². The van der Waals surface area contributed by atoms with Crippen LogP contribution in [0, 0.1) is 5.92 Å². The van der Waals surface area contributed by atoms with Gasteiger partial charge in [0.05, 0.1) is 4.90 Å². The number of rotatable bonds is 9. The van der Waals surface area contributed by atoms with Crippen molar-refractivity contribution in [3.05, 3.63) is 65.7 Å². The number of nitrogens with one attached hydrogen (secondary N) is 1. The fourth-order valence-electron chi connectivity index (χ4n) is 3.80. The van der Waals surface area contributed by atoms with E-state index in [2.05, 4.69) is 10.2 Å². The zero-order valence-electron chi connectivity index (χ0n) is 17.5. The van der Waals surface area contributed by atoms with Crippen molar-refractivity contribution in [2.75, 3.05) is 26.2 Å². The maximum Gasteiger partial charge on any atom is 0.238 e. The number of Topliss-reactive ketones (excluding diaryl/α,β-unsaturated/α-hetero) is 1. The largest absolute Gasteiger partial charge is 0.356 e. The van der Waals surface area contributed by atoms with Crippen LogP contribution in [0.1, 0.15) is 35.2 Å². The number of hydrogen-bond donors (Lipinski definition) is 2. The maximum atomic E-state index is 12.6. The van der Waals surface area contributed by atoms with Gasteiger partial charge in [0.1, 0.15) is 0 Å². The second-order valence-electron chi connectivity index (χ2n) is 7.89. The molecule has 0 atom stereocenters. The van der Waals surface area contributed by atoms with E-state index in [1.54, 1.807) is 12.1 Å². The molecule has 0 saturated carbocycles. The number of hydrogen-bond acceptors (Lipinski definition) is 5. The minimum absolute atomic E-state index is 0.0105. The third kappa shape index (κ3) is 6.99. The Labute approximate surface area is 183 Å². The van der Waals surface area contributed by atoms with Gasteiger partial charge in [0, 0.05) is 31.0 Å². The number of carbonyl (C=O) groups excluding carboxylic acids is 2. The van der Waals surface area contributed by atoms with Gasteiger partial charge in [-0.3, -0.25) is 9.59 Å². The molecule has 1 amide bonds. The van der Waals surface area contributed by atoms with Crippen molar-refractivity contribution in [3.8, 4) is 0 Å². The van der Waals surface area contributed by atoms with E-state index in [1.807, 2.05) is 30.3 Å². The molecule has 0 aromatic heterocycles. The van der Waals surface area contributed by atoms with Crippen LogP contribution in [0.5, 0.6) is 0 Å². The van der Waals surface area contributed by atoms with E-state index in [4.69, 9.17) is 5.14 Å². The van der Waals surface area contributed by atoms with Gasteiger partial charge in [-0.1, -0.05) is 42.5 Å². The molecule has 0 unspecified atom stereocenters. The van der Waals surface area contributed by atoms with Gasteiger partial charge in [0.15, 0.2) is 5.78 Å². The fraction of sp³-hybridized carbons (Fsp3) is 0.391. The van der Waals surface area contributed by atoms with E-state index in [9.17, 15) is 18.0 Å². The van der Waals surface area contributed by atoms with Crippen molar-refractivity contribution in [1.29, 1.82) is 0 Å². The summed E-state index contributed by atoms with van der Waals surface area (Å²) in [6.45, 7) is 2.82. The van der Waals surface area contributed by atoms with E-state index in [0.717, 1.165) is 37.1 Å². The molecule has 0 bridgehead atoms. The summed E-state index contributed by atoms with van der Waals surface area (Å²) in [7, 11) is -3.69. The number of amides is 1. The summed E-state index contributed by atoms with van der Waals surface area (Å²) in [6.07, 6.45) is 2.68. The lowest BCUT2D eigenvalue weighted by molar-refractivity contribution is -0.121. The van der Waals surface area contributed by atoms with Crippen LogP contribution in [0.25, 0.3) is 0 Å². The Morgan fingerprint density at radius 1 is 1.00 bits per heavy atom. The van der Waals surface area contributed by atoms with Crippen LogP contribution in [-0.2, 0) is 21.2 Å². The summed E-state index contributed by atoms with van der Waals surface area (Å²) < 4.78 is 22.5. The highest BCUT2D eigenvalue weighted by Gasteiger charge is 2.25. The SMILES string of the molecule is NS(=O)(=O)c1ccc(CCNC(=O)CCN2CCC(C(=O)c3ccccc3)CC2)cc1. The molecule has 3 rings (SSSR count). The van der Waals surface area contributed by atoms with Gasteiger partial charge in [0.2, 0.25) is 15.9 Å². The Balaban J connectivity index is 1.33. The normalized spacial score (nSPS) is 15.5. The quantitative estimate of drug-likeness (QED) is 0.576. The van der Waals surface area contributed by atoms with Gasteiger partial charge in [-0.25, -0.2) is 13.6 Å². The monoisotopic (exact) mass is 443 g/mol. The Morgan fingerprint density at radius 2 is 1.65 bits per heavy atom. The molecule has 1 heterocycles. The van der Waals surface area contributed by atoms with Crippen LogP contribution in [0.15, 0.2) is 59.5 Å². The predicted molar refractivity (Wildman–Crippen MR) is 119 cm³/mol. The lowest BCUT2D eigenvalue weighted by atomic mass is 9.89. The van der Waals surface area contributed by atoms with Crippen LogP contribution in [0.3, 0.4) is 0 Å². The molecule has 1 saturated heterocycles. The summed E-state index contributed by atoms with van der Waals surface area (Å²) in [5, 5.41) is 7.99. The fourth-order valence-corrected chi connectivity index (χ4v) is 4.31. The molecule has 3 N–H and O–H groups in total. The first-order valence-electron chi connectivity index (χ1n) is 10.5. The Hall–Kier alpha value is -2.55. The number of carbonyl (C=O) groups is 2. The molecular weight excluding hydrogens is 414 g/mol. The molecule has 0 radical (unpaired) electrons. The topological polar surface area (TPSA) is 110 Å². The van der Waals surface area contributed by atoms with Gasteiger partial charge < -0.3 is 10.2 Å². The number of ketones is 1. The van der Waals surface area contributed by atoms with Gasteiger partial charge in [-0.2, -0.15) is 0 Å². The average Bonchev–Trinajstić information content (AvgIpc) is 2.78. The summed E-state index contributed by atoms with van der Waals surface area (Å²) in [5.41, 5.74) is 1.71. The first-order chi connectivity index (χ1) is 14.8. The van der Waals surface area contributed by atoms with E-state index in [-0.39, 0.29) is 22.5 Å². The Kier molecular flexibility index (Phi) is 7.95. The van der Waals surface area contributed by atoms with Gasteiger partial charge in [0.25, 0.3) is 0 Å². The molecule has 0 aliphatic carbocycles. The zero-order chi connectivity index (χ0) is 22.3. The van der Waals surface area contributed by atoms with Crippen LogP contribution in [0.2, 0.25) is 0 Å². The molecule has 1 fully saturated rings. The summed E-state index contributed by atoms with van der Waals surface area (Å²) >= 11 is 0. The Morgan fingerprint density at radius 3 is 2.26 bits per heavy atom. The van der Waals surface area contributed by atoms with Crippen molar-refractivity contribution in [2.24, 2.45) is 11.1 Å². The highest BCUT2D eigenvalue weighted by Crippen LogP contribution is 2.21. The predicted octanol–water partition coefficient (Wildman–Crippen LogP) is 1.98. The number of likely N-dealkylation sites (tertiary alicyclic amines) is 1. The zero-order valence-corrected chi connectivity index (χ0v) is 18.3. The molecule has 0 spiro atoms. The highest BCUT2D eigenvalue weighted by atomic mass is 32.2. The van der Waals surface area contributed by atoms with E-state index in [0.29, 0.717) is 25.9 Å². The first-order valence-corrected chi connectivity index (χ1v) is 12.1. The third-order valence-electron chi connectivity index (χ3n) is 5.66. The summed E-state index contributed by atoms with van der Waals surface area (Å²) in [5.74, 6) is 0.270. The van der Waals surface area contributed by atoms with Crippen molar-refractivity contribution in [2.45, 2.75) is 30.6 Å². The van der Waals surface area contributed by atoms with Gasteiger partial charge >= 0.3 is 0 Å². The Bertz CT molecular complexity index is 983. The first kappa shape index (κ1) is 23.1. The standard InChI is InChI=1S/C23H29N3O4S/c24-31(29,30)21-8-6-18(7-9-21)10-14-25-22(27)13-17-26-15-11-20(12-16-26)23(28)19-4-2-1-3-5-19/h1-9,20H,10-17H2,(H,25,27)(H2,24,29,30). The number of nitrogens with zero attached hydrogens (tertiary/aromatic N) is 1. The molecule has 1 aliphatic heterocycles. The second kappa shape index (κ2) is 10.7. The molecule has 8 heteroatoms. The number of primary sulfonamides is 1. The minimum atomic E-state index is -3.69. The van der Waals surface area contributed by atoms with E-state index < -0.39 is 10.0 Å². The minimum Gasteiger partial charge on any atom is -0.356 e. The maximum absolute atomic E-state index is 12.6. The van der Waals surface area contributed by atoms with Crippen molar-refractivity contribution < 1.29 is 18.0 Å². The van der Waals surface area contributed by atoms with Crippen LogP contribution >= 0.6 is 0 Å². The lowest BCUT2D eigenvalue weighted by Gasteiger charge is -2.31. The van der Waals surface area contributed by atoms with Crippen molar-refractivity contribution in [3.63, 3.8) is 0 Å².